The topological polar surface area (TPSA) is 55.6 Å². The van der Waals surface area contributed by atoms with Crippen molar-refractivity contribution in [3.8, 4) is 11.4 Å². The van der Waals surface area contributed by atoms with Gasteiger partial charge in [0.05, 0.1) is 17.7 Å². The van der Waals surface area contributed by atoms with Crippen LogP contribution in [0.15, 0.2) is 58.4 Å². The van der Waals surface area contributed by atoms with Crippen molar-refractivity contribution >= 4 is 46.2 Å². The van der Waals surface area contributed by atoms with Crippen molar-refractivity contribution in [2.24, 2.45) is 4.99 Å². The number of carbonyl (C=O) groups is 1. The van der Waals surface area contributed by atoms with E-state index < -0.39 is 0 Å². The standard InChI is InChI=1S/C24H22ClN3O2S/c1-14-5-6-18(25)13-21(14)28-15(2)11-17(16(28)3)12-22-23(29)27-24(31-22)26-19-7-9-20(30-4)10-8-19/h5-13H,1-4H3,(H,26,27,29)/b22-12+. The molecule has 7 heteroatoms. The summed E-state index contributed by atoms with van der Waals surface area (Å²) in [6, 6.07) is 15.3. The molecule has 2 heterocycles. The van der Waals surface area contributed by atoms with Gasteiger partial charge >= 0.3 is 0 Å². The van der Waals surface area contributed by atoms with Gasteiger partial charge in [-0.25, -0.2) is 4.99 Å². The number of hydrogen-bond donors (Lipinski definition) is 1. The molecular weight excluding hydrogens is 430 g/mol. The van der Waals surface area contributed by atoms with Gasteiger partial charge < -0.3 is 14.6 Å². The van der Waals surface area contributed by atoms with E-state index in [0.717, 1.165) is 39.6 Å². The Bertz CT molecular complexity index is 1230. The largest absolute Gasteiger partial charge is 0.497 e. The smallest absolute Gasteiger partial charge is 0.264 e. The second kappa shape index (κ2) is 8.65. The van der Waals surface area contributed by atoms with Gasteiger partial charge in [0.1, 0.15) is 5.75 Å². The molecule has 1 fully saturated rings. The van der Waals surface area contributed by atoms with Crippen LogP contribution >= 0.6 is 23.4 Å². The molecule has 5 nitrogen and oxygen atoms in total. The van der Waals surface area contributed by atoms with Gasteiger partial charge in [0.25, 0.3) is 5.91 Å². The SMILES string of the molecule is COc1ccc(N=C2NC(=O)/C(=C\c3cc(C)n(-c4cc(Cl)ccc4C)c3C)S2)cc1. The highest BCUT2D eigenvalue weighted by atomic mass is 35.5. The minimum atomic E-state index is -0.152. The van der Waals surface area contributed by atoms with Crippen LogP contribution in [0.5, 0.6) is 5.75 Å². The van der Waals surface area contributed by atoms with Crippen LogP contribution in [0.1, 0.15) is 22.5 Å². The predicted octanol–water partition coefficient (Wildman–Crippen LogP) is 5.96. The third kappa shape index (κ3) is 4.40. The maximum absolute atomic E-state index is 12.5. The zero-order chi connectivity index (χ0) is 22.1. The third-order valence-corrected chi connectivity index (χ3v) is 6.27. The van der Waals surface area contributed by atoms with Crippen LogP contribution in [-0.2, 0) is 4.79 Å². The Balaban J connectivity index is 1.64. The van der Waals surface area contributed by atoms with Gasteiger partial charge in [-0.15, -0.1) is 0 Å². The number of nitrogens with zero attached hydrogens (tertiary/aromatic N) is 2. The van der Waals surface area contributed by atoms with Crippen LogP contribution in [0.3, 0.4) is 0 Å². The van der Waals surface area contributed by atoms with Gasteiger partial charge in [0.15, 0.2) is 5.17 Å². The zero-order valence-corrected chi connectivity index (χ0v) is 19.3. The van der Waals surface area contributed by atoms with Crippen molar-refractivity contribution in [1.82, 2.24) is 9.88 Å². The Labute approximate surface area is 190 Å². The van der Waals surface area contributed by atoms with Crippen LogP contribution in [0.2, 0.25) is 5.02 Å². The van der Waals surface area contributed by atoms with Crippen molar-refractivity contribution in [2.75, 3.05) is 7.11 Å². The summed E-state index contributed by atoms with van der Waals surface area (Å²) < 4.78 is 7.33. The average molecular weight is 452 g/mol. The summed E-state index contributed by atoms with van der Waals surface area (Å²) in [5.41, 5.74) is 6.03. The Morgan fingerprint density at radius 3 is 2.55 bits per heavy atom. The van der Waals surface area contributed by atoms with Gasteiger partial charge in [-0.2, -0.15) is 0 Å². The summed E-state index contributed by atoms with van der Waals surface area (Å²) in [7, 11) is 1.62. The first-order valence-electron chi connectivity index (χ1n) is 9.75. The zero-order valence-electron chi connectivity index (χ0n) is 17.7. The van der Waals surface area contributed by atoms with E-state index in [-0.39, 0.29) is 5.91 Å². The van der Waals surface area contributed by atoms with E-state index in [9.17, 15) is 4.79 Å². The molecule has 0 atom stereocenters. The number of amidine groups is 1. The number of nitrogens with one attached hydrogen (secondary N) is 1. The summed E-state index contributed by atoms with van der Waals surface area (Å²) >= 11 is 7.57. The molecule has 1 saturated heterocycles. The minimum Gasteiger partial charge on any atom is -0.497 e. The quantitative estimate of drug-likeness (QED) is 0.498. The van der Waals surface area contributed by atoms with E-state index in [1.807, 2.05) is 62.4 Å². The maximum Gasteiger partial charge on any atom is 0.264 e. The summed E-state index contributed by atoms with van der Waals surface area (Å²) in [4.78, 5) is 17.7. The third-order valence-electron chi connectivity index (χ3n) is 5.12. The monoisotopic (exact) mass is 451 g/mol. The van der Waals surface area contributed by atoms with Gasteiger partial charge in [0, 0.05) is 22.1 Å². The van der Waals surface area contributed by atoms with Crippen molar-refractivity contribution < 1.29 is 9.53 Å². The molecule has 1 aromatic heterocycles. The molecule has 0 spiro atoms. The fourth-order valence-corrected chi connectivity index (χ4v) is 4.52. The number of hydrogen-bond acceptors (Lipinski definition) is 4. The number of carbonyl (C=O) groups excluding carboxylic acids is 1. The van der Waals surface area contributed by atoms with E-state index in [4.69, 9.17) is 16.3 Å². The molecular formula is C24H22ClN3O2S. The van der Waals surface area contributed by atoms with Crippen molar-refractivity contribution in [3.05, 3.63) is 81.0 Å². The van der Waals surface area contributed by atoms with E-state index in [0.29, 0.717) is 15.1 Å². The Kier molecular flexibility index (Phi) is 5.94. The van der Waals surface area contributed by atoms with Crippen LogP contribution in [0, 0.1) is 20.8 Å². The average Bonchev–Trinajstić information content (AvgIpc) is 3.22. The van der Waals surface area contributed by atoms with Gasteiger partial charge in [-0.05, 0) is 92.2 Å². The molecule has 4 rings (SSSR count). The molecule has 158 valence electrons. The number of aryl methyl sites for hydroxylation is 2. The first-order valence-corrected chi connectivity index (χ1v) is 10.9. The van der Waals surface area contributed by atoms with Crippen molar-refractivity contribution in [1.29, 1.82) is 0 Å². The first-order chi connectivity index (χ1) is 14.9. The van der Waals surface area contributed by atoms with Crippen molar-refractivity contribution in [2.45, 2.75) is 20.8 Å². The van der Waals surface area contributed by atoms with Crippen LogP contribution < -0.4 is 10.1 Å². The summed E-state index contributed by atoms with van der Waals surface area (Å²) in [6.07, 6.45) is 1.91. The fourth-order valence-electron chi connectivity index (χ4n) is 3.52. The number of methoxy groups -OCH3 is 1. The van der Waals surface area contributed by atoms with Crippen LogP contribution in [0.4, 0.5) is 5.69 Å². The number of benzene rings is 2. The number of amides is 1. The lowest BCUT2D eigenvalue weighted by Gasteiger charge is -2.13. The highest BCUT2D eigenvalue weighted by Crippen LogP contribution is 2.32. The number of ether oxygens (including phenoxy) is 1. The molecule has 2 aromatic carbocycles. The normalized spacial score (nSPS) is 16.2. The number of aliphatic imine (C=N–C) groups is 1. The lowest BCUT2D eigenvalue weighted by atomic mass is 10.2. The van der Waals surface area contributed by atoms with Crippen molar-refractivity contribution in [3.63, 3.8) is 0 Å². The second-order valence-corrected chi connectivity index (χ2v) is 8.74. The molecule has 0 unspecified atom stereocenters. The maximum atomic E-state index is 12.5. The molecule has 0 bridgehead atoms. The number of thioether (sulfide) groups is 1. The van der Waals surface area contributed by atoms with E-state index in [2.05, 4.69) is 27.9 Å². The van der Waals surface area contributed by atoms with Crippen LogP contribution in [0.25, 0.3) is 11.8 Å². The number of aromatic nitrogens is 1. The Hall–Kier alpha value is -2.96. The van der Waals surface area contributed by atoms with E-state index in [1.165, 1.54) is 11.8 Å². The molecule has 1 aliphatic heterocycles. The van der Waals surface area contributed by atoms with Crippen LogP contribution in [-0.4, -0.2) is 22.8 Å². The highest BCUT2D eigenvalue weighted by Gasteiger charge is 2.24. The van der Waals surface area contributed by atoms with E-state index >= 15 is 0 Å². The second-order valence-electron chi connectivity index (χ2n) is 7.27. The van der Waals surface area contributed by atoms with Gasteiger partial charge in [-0.1, -0.05) is 17.7 Å². The Morgan fingerprint density at radius 1 is 1.10 bits per heavy atom. The molecule has 1 N–H and O–H groups in total. The van der Waals surface area contributed by atoms with Gasteiger partial charge in [0.2, 0.25) is 0 Å². The molecule has 1 amide bonds. The first kappa shape index (κ1) is 21.3. The highest BCUT2D eigenvalue weighted by molar-refractivity contribution is 8.18. The molecule has 1 aliphatic rings. The van der Waals surface area contributed by atoms with E-state index in [1.54, 1.807) is 7.11 Å². The number of rotatable bonds is 4. The summed E-state index contributed by atoms with van der Waals surface area (Å²) in [5.74, 6) is 0.610. The molecule has 0 aliphatic carbocycles. The molecule has 0 saturated carbocycles. The molecule has 3 aromatic rings. The summed E-state index contributed by atoms with van der Waals surface area (Å²) in [6.45, 7) is 6.16. The number of halogens is 1. The molecule has 0 radical (unpaired) electrons. The Morgan fingerprint density at radius 2 is 1.84 bits per heavy atom. The fraction of sp³-hybridized carbons (Fsp3) is 0.167. The molecule has 31 heavy (non-hydrogen) atoms. The van der Waals surface area contributed by atoms with Gasteiger partial charge in [-0.3, -0.25) is 4.79 Å². The minimum absolute atomic E-state index is 0.152. The lowest BCUT2D eigenvalue weighted by Crippen LogP contribution is -2.19. The predicted molar refractivity (Wildman–Crippen MR) is 129 cm³/mol. The summed E-state index contributed by atoms with van der Waals surface area (Å²) in [5, 5.41) is 4.09. The lowest BCUT2D eigenvalue weighted by molar-refractivity contribution is -0.115.